The van der Waals surface area contributed by atoms with Gasteiger partial charge in [0.2, 0.25) is 5.96 Å². The van der Waals surface area contributed by atoms with Gasteiger partial charge in [0, 0.05) is 30.1 Å². The molecule has 0 bridgehead atoms. The van der Waals surface area contributed by atoms with Gasteiger partial charge >= 0.3 is 6.36 Å². The van der Waals surface area contributed by atoms with Gasteiger partial charge in [0.1, 0.15) is 5.75 Å². The van der Waals surface area contributed by atoms with Crippen LogP contribution in [-0.2, 0) is 6.54 Å². The second-order valence-corrected chi connectivity index (χ2v) is 7.05. The van der Waals surface area contributed by atoms with E-state index in [1.807, 2.05) is 14.0 Å². The standard InChI is InChI=1S/C16H21F3N6OS/c1-10-23-14(11-3-5-12(6-4-11)26-16(17,18)19)13(27-10)9-25(2)8-7-22-24-15(20)21/h3-6,22H,7-9H2,1-2H3,(H4,20,21,24). The van der Waals surface area contributed by atoms with Crippen LogP contribution in [0, 0.1) is 6.92 Å². The third-order valence-corrected chi connectivity index (χ3v) is 4.35. The van der Waals surface area contributed by atoms with Gasteiger partial charge in [0.05, 0.1) is 10.7 Å². The summed E-state index contributed by atoms with van der Waals surface area (Å²) in [5, 5.41) is 4.58. The van der Waals surface area contributed by atoms with Crippen LogP contribution < -0.4 is 21.6 Å². The van der Waals surface area contributed by atoms with E-state index in [4.69, 9.17) is 11.5 Å². The molecule has 2 rings (SSSR count). The van der Waals surface area contributed by atoms with Gasteiger partial charge < -0.3 is 21.6 Å². The van der Waals surface area contributed by atoms with Crippen molar-refractivity contribution in [2.45, 2.75) is 19.8 Å². The molecule has 0 saturated heterocycles. The van der Waals surface area contributed by atoms with E-state index >= 15 is 0 Å². The summed E-state index contributed by atoms with van der Waals surface area (Å²) in [6.07, 6.45) is -4.71. The first kappa shape index (κ1) is 20.8. The van der Waals surface area contributed by atoms with E-state index in [9.17, 15) is 13.2 Å². The van der Waals surface area contributed by atoms with Gasteiger partial charge in [-0.1, -0.05) is 0 Å². The van der Waals surface area contributed by atoms with E-state index < -0.39 is 6.36 Å². The summed E-state index contributed by atoms with van der Waals surface area (Å²) in [7, 11) is 1.94. The number of nitrogens with two attached hydrogens (primary N) is 2. The van der Waals surface area contributed by atoms with E-state index in [1.165, 1.54) is 12.1 Å². The van der Waals surface area contributed by atoms with Crippen LogP contribution in [0.1, 0.15) is 9.88 Å². The Labute approximate surface area is 158 Å². The molecule has 7 nitrogen and oxygen atoms in total. The minimum atomic E-state index is -4.71. The summed E-state index contributed by atoms with van der Waals surface area (Å²) in [6.45, 7) is 3.76. The van der Waals surface area contributed by atoms with E-state index in [-0.39, 0.29) is 11.7 Å². The molecule has 0 atom stereocenters. The number of aryl methyl sites for hydroxylation is 1. The van der Waals surface area contributed by atoms with Crippen molar-refractivity contribution in [1.29, 1.82) is 0 Å². The highest BCUT2D eigenvalue weighted by molar-refractivity contribution is 7.12. The number of hydrogen-bond donors (Lipinski definition) is 3. The lowest BCUT2D eigenvalue weighted by molar-refractivity contribution is -0.274. The summed E-state index contributed by atoms with van der Waals surface area (Å²) in [5.41, 5.74) is 14.7. The molecule has 0 amide bonds. The van der Waals surface area contributed by atoms with Gasteiger partial charge in [-0.15, -0.1) is 29.6 Å². The van der Waals surface area contributed by atoms with Crippen LogP contribution in [0.15, 0.2) is 29.4 Å². The molecule has 27 heavy (non-hydrogen) atoms. The molecule has 0 unspecified atom stereocenters. The van der Waals surface area contributed by atoms with Gasteiger partial charge in [0.15, 0.2) is 0 Å². The SMILES string of the molecule is Cc1nc(-c2ccc(OC(F)(F)F)cc2)c(CN(C)CCNN=C(N)N)s1. The fraction of sp³-hybridized carbons (Fsp3) is 0.375. The zero-order chi connectivity index (χ0) is 20.0. The molecule has 11 heteroatoms. The quantitative estimate of drug-likeness (QED) is 0.271. The van der Waals surface area contributed by atoms with Gasteiger partial charge in [-0.3, -0.25) is 4.90 Å². The number of alkyl halides is 3. The molecule has 1 aromatic carbocycles. The van der Waals surface area contributed by atoms with Crippen molar-refractivity contribution >= 4 is 17.3 Å². The number of nitrogens with one attached hydrogen (secondary N) is 1. The van der Waals surface area contributed by atoms with Crippen LogP contribution in [0.4, 0.5) is 13.2 Å². The topological polar surface area (TPSA) is 102 Å². The number of nitrogens with zero attached hydrogens (tertiary/aromatic N) is 3. The first-order chi connectivity index (χ1) is 12.6. The molecule has 0 aliphatic rings. The fourth-order valence-electron chi connectivity index (χ4n) is 2.33. The maximum atomic E-state index is 12.3. The lowest BCUT2D eigenvalue weighted by Crippen LogP contribution is -2.30. The number of hydrogen-bond acceptors (Lipinski definition) is 6. The maximum absolute atomic E-state index is 12.3. The summed E-state index contributed by atoms with van der Waals surface area (Å²) in [5.74, 6) is -0.293. The number of rotatable bonds is 8. The zero-order valence-electron chi connectivity index (χ0n) is 14.9. The minimum Gasteiger partial charge on any atom is -0.406 e. The summed E-state index contributed by atoms with van der Waals surface area (Å²) in [4.78, 5) is 7.59. The summed E-state index contributed by atoms with van der Waals surface area (Å²) >= 11 is 1.54. The number of aromatic nitrogens is 1. The Morgan fingerprint density at radius 3 is 2.56 bits per heavy atom. The molecule has 0 fully saturated rings. The van der Waals surface area contributed by atoms with Crippen LogP contribution in [0.25, 0.3) is 11.3 Å². The molecular formula is C16H21F3N6OS. The van der Waals surface area contributed by atoms with E-state index in [0.29, 0.717) is 19.6 Å². The van der Waals surface area contributed by atoms with Crippen molar-refractivity contribution in [3.63, 3.8) is 0 Å². The average Bonchev–Trinajstić information content (AvgIpc) is 2.91. The molecule has 0 aliphatic heterocycles. The number of likely N-dealkylation sites (N-methyl/N-ethyl adjacent to an activating group) is 1. The second kappa shape index (κ2) is 8.91. The van der Waals surface area contributed by atoms with Crippen molar-refractivity contribution < 1.29 is 17.9 Å². The lowest BCUT2D eigenvalue weighted by atomic mass is 10.1. The molecule has 1 heterocycles. The van der Waals surface area contributed by atoms with Gasteiger partial charge in [-0.25, -0.2) is 4.98 Å². The Kier molecular flexibility index (Phi) is 6.86. The van der Waals surface area contributed by atoms with Crippen LogP contribution >= 0.6 is 11.3 Å². The van der Waals surface area contributed by atoms with E-state index in [0.717, 1.165) is 21.1 Å². The van der Waals surface area contributed by atoms with Crippen molar-refractivity contribution in [1.82, 2.24) is 15.3 Å². The highest BCUT2D eigenvalue weighted by Crippen LogP contribution is 2.31. The second-order valence-electron chi connectivity index (χ2n) is 5.76. The third-order valence-electron chi connectivity index (χ3n) is 3.39. The Hall–Kier alpha value is -2.53. The van der Waals surface area contributed by atoms with Crippen LogP contribution in [0.2, 0.25) is 0 Å². The Morgan fingerprint density at radius 2 is 1.96 bits per heavy atom. The van der Waals surface area contributed by atoms with Crippen molar-refractivity contribution in [2.75, 3.05) is 20.1 Å². The van der Waals surface area contributed by atoms with Gasteiger partial charge in [-0.05, 0) is 38.2 Å². The fourth-order valence-corrected chi connectivity index (χ4v) is 3.37. The molecule has 148 valence electrons. The Balaban J connectivity index is 2.05. The lowest BCUT2D eigenvalue weighted by Gasteiger charge is -2.16. The first-order valence-electron chi connectivity index (χ1n) is 7.96. The molecule has 1 aromatic heterocycles. The van der Waals surface area contributed by atoms with Gasteiger partial charge in [0.25, 0.3) is 0 Å². The molecular weight excluding hydrogens is 381 g/mol. The largest absolute Gasteiger partial charge is 0.573 e. The number of hydrazone groups is 1. The Bertz CT molecular complexity index is 771. The monoisotopic (exact) mass is 402 g/mol. The van der Waals surface area contributed by atoms with Crippen molar-refractivity contribution in [2.24, 2.45) is 16.6 Å². The van der Waals surface area contributed by atoms with Crippen molar-refractivity contribution in [3.05, 3.63) is 34.2 Å². The molecule has 0 radical (unpaired) electrons. The molecule has 0 saturated carbocycles. The van der Waals surface area contributed by atoms with Crippen molar-refractivity contribution in [3.8, 4) is 17.0 Å². The number of guanidine groups is 1. The van der Waals surface area contributed by atoms with E-state index in [2.05, 4.69) is 25.1 Å². The van der Waals surface area contributed by atoms with Crippen LogP contribution in [0.3, 0.4) is 0 Å². The van der Waals surface area contributed by atoms with Crippen LogP contribution in [-0.4, -0.2) is 42.3 Å². The normalized spacial score (nSPS) is 11.5. The number of benzene rings is 1. The number of thiazole rings is 1. The molecule has 5 N–H and O–H groups in total. The average molecular weight is 402 g/mol. The molecule has 2 aromatic rings. The van der Waals surface area contributed by atoms with E-state index in [1.54, 1.807) is 23.5 Å². The highest BCUT2D eigenvalue weighted by Gasteiger charge is 2.31. The number of ether oxygens (including phenoxy) is 1. The first-order valence-corrected chi connectivity index (χ1v) is 8.78. The number of halogens is 3. The molecule has 0 aliphatic carbocycles. The summed E-state index contributed by atoms with van der Waals surface area (Å²) < 4.78 is 40.7. The smallest absolute Gasteiger partial charge is 0.406 e. The maximum Gasteiger partial charge on any atom is 0.573 e. The highest BCUT2D eigenvalue weighted by atomic mass is 32.1. The predicted molar refractivity (Wildman–Crippen MR) is 99.1 cm³/mol. The minimum absolute atomic E-state index is 0.0315. The molecule has 0 spiro atoms. The Morgan fingerprint density at radius 1 is 1.30 bits per heavy atom. The van der Waals surface area contributed by atoms with Crippen LogP contribution in [0.5, 0.6) is 5.75 Å². The third kappa shape index (κ3) is 6.94. The van der Waals surface area contributed by atoms with Gasteiger partial charge in [-0.2, -0.15) is 0 Å². The predicted octanol–water partition coefficient (Wildman–Crippen LogP) is 2.23. The summed E-state index contributed by atoms with van der Waals surface area (Å²) in [6, 6.07) is 5.70. The zero-order valence-corrected chi connectivity index (χ0v) is 15.7.